The number of Topliss-reactive ketones (excluding diaryl/α,β-unsaturated/α-hetero) is 3. The molecule has 1 N–H and O–H groups in total. The zero-order valence-corrected chi connectivity index (χ0v) is 49.2. The lowest BCUT2D eigenvalue weighted by atomic mass is 9.78. The molecule has 1 aliphatic carbocycles. The second kappa shape index (κ2) is 28.5. The summed E-state index contributed by atoms with van der Waals surface area (Å²) in [5.74, 6) is -6.00. The van der Waals surface area contributed by atoms with Crippen LogP contribution in [0.25, 0.3) is 0 Å². The van der Waals surface area contributed by atoms with Gasteiger partial charge in [0.1, 0.15) is 30.1 Å². The highest BCUT2D eigenvalue weighted by Crippen LogP contribution is 2.42. The third-order valence-corrected chi connectivity index (χ3v) is 21.7. The number of hydrogen-bond donors (Lipinski definition) is 1. The Kier molecular flexibility index (Phi) is 24.4. The minimum absolute atomic E-state index is 0.0319. The second-order valence-electron chi connectivity index (χ2n) is 24.1. The molecule has 0 aromatic rings. The van der Waals surface area contributed by atoms with Crippen molar-refractivity contribution in [3.05, 3.63) is 47.6 Å². The molecule has 3 heterocycles. The van der Waals surface area contributed by atoms with Gasteiger partial charge in [-0.1, -0.05) is 91.8 Å². The quantitative estimate of drug-likeness (QED) is 0.100. The first-order valence-corrected chi connectivity index (χ1v) is 30.6. The zero-order chi connectivity index (χ0) is 55.3. The number of piperidine rings is 1. The fourth-order valence-corrected chi connectivity index (χ4v) is 12.6. The summed E-state index contributed by atoms with van der Waals surface area (Å²) in [4.78, 5) is 72.7. The van der Waals surface area contributed by atoms with E-state index in [-0.39, 0.29) is 78.0 Å². The summed E-state index contributed by atoms with van der Waals surface area (Å²) in [6, 6.07) is -1.06. The molecule has 1 saturated carbocycles. The molecule has 14 nitrogen and oxygen atoms in total. The number of nitrogens with zero attached hydrogens (tertiary/aromatic N) is 1. The molecule has 74 heavy (non-hydrogen) atoms. The SMILES string of the molecule is CO[C@H]1C[C@@H]2CC[C@@H](C)[C@](O)(CC(=O)C(=O)N3CCCC[C@H]3C(=O)O[C@H]([C@H](C)C[C@@H]3CCC(O[Si](C)(C)C(C)(C)C)[C@H](OC)C3)CC(=O)[C@H](C)/C=C(\C)[C@@H](OC)[C@@H](OC)C(=O)[C@H](C)C[C@H](C)/C=C/C=C/C=C/1C)O2. The monoisotopic (exact) mass is 1060 g/mol. The summed E-state index contributed by atoms with van der Waals surface area (Å²) in [5, 5.41) is 12.0. The summed E-state index contributed by atoms with van der Waals surface area (Å²) < 4.78 is 43.4. The molecule has 0 aromatic carbocycles. The highest BCUT2D eigenvalue weighted by Gasteiger charge is 2.48. The smallest absolute Gasteiger partial charge is 0.329 e. The molecule has 4 rings (SSSR count). The Bertz CT molecular complexity index is 2010. The molecule has 0 spiro atoms. The van der Waals surface area contributed by atoms with Crippen molar-refractivity contribution in [2.24, 2.45) is 35.5 Å². The van der Waals surface area contributed by atoms with Crippen LogP contribution in [0.1, 0.15) is 153 Å². The van der Waals surface area contributed by atoms with Crippen molar-refractivity contribution in [3.63, 3.8) is 0 Å². The molecule has 2 saturated heterocycles. The number of ketones is 3. The Hall–Kier alpha value is -3.15. The number of allylic oxidation sites excluding steroid dienone is 6. The van der Waals surface area contributed by atoms with Gasteiger partial charge in [-0.05, 0) is 125 Å². The Morgan fingerprint density at radius 1 is 0.811 bits per heavy atom. The van der Waals surface area contributed by atoms with Crippen LogP contribution in [0, 0.1) is 35.5 Å². The highest BCUT2D eigenvalue weighted by molar-refractivity contribution is 6.74. The Balaban J connectivity index is 1.70. The van der Waals surface area contributed by atoms with Gasteiger partial charge in [0.15, 0.2) is 19.9 Å². The van der Waals surface area contributed by atoms with Crippen LogP contribution in [0.2, 0.25) is 18.1 Å². The zero-order valence-electron chi connectivity index (χ0n) is 48.2. The first-order valence-electron chi connectivity index (χ1n) is 27.7. The van der Waals surface area contributed by atoms with E-state index in [2.05, 4.69) is 46.9 Å². The van der Waals surface area contributed by atoms with E-state index in [0.29, 0.717) is 50.5 Å². The number of methoxy groups -OCH3 is 4. The highest BCUT2D eigenvalue weighted by atomic mass is 28.4. The number of hydrogen-bond acceptors (Lipinski definition) is 13. The molecule has 15 atom stereocenters. The van der Waals surface area contributed by atoms with E-state index in [1.54, 1.807) is 27.2 Å². The Morgan fingerprint density at radius 2 is 1.50 bits per heavy atom. The molecule has 15 heteroatoms. The minimum atomic E-state index is -2.08. The molecule has 1 amide bonds. The molecule has 1 unspecified atom stereocenters. The Morgan fingerprint density at radius 3 is 2.14 bits per heavy atom. The van der Waals surface area contributed by atoms with Crippen molar-refractivity contribution in [2.45, 2.75) is 225 Å². The fraction of sp³-hybridized carbons (Fsp3) is 0.780. The number of aliphatic hydroxyl groups is 1. The van der Waals surface area contributed by atoms with E-state index in [0.717, 1.165) is 24.8 Å². The van der Waals surface area contributed by atoms with Gasteiger partial charge in [-0.25, -0.2) is 4.79 Å². The molecular weight excluding hydrogens is 959 g/mol. The van der Waals surface area contributed by atoms with Gasteiger partial charge in [0.05, 0.1) is 30.8 Å². The molecule has 4 aliphatic rings. The third-order valence-electron chi connectivity index (χ3n) is 17.2. The molecule has 3 aliphatic heterocycles. The van der Waals surface area contributed by atoms with Gasteiger partial charge >= 0.3 is 5.97 Å². The number of esters is 1. The standard InChI is InChI=1S/C59H97NO13Si/c1-37-22-18-17-19-23-38(2)50(67-11)34-45-27-25-43(7)59(66,72-45)36-48(62)56(64)60-29-21-20-24-46(60)57(65)71-51(35-47(61)39(3)31-42(6)54(69-13)55(70-14)53(63)41(5)30-37)40(4)32-44-26-28-49(52(33-44)68-12)73-74(15,16)58(8,9)10/h17-19,22-23,31,37,39-41,43-46,49-52,54-55,66H,20-21,24-30,32-36H2,1-16H3/b19-17+,22-18+,38-23+,42-31+/t37-,39-,40-,41-,43-,44+,45+,46+,49?,50+,51+,52-,54-,55+,59+/m1/s1. The van der Waals surface area contributed by atoms with Crippen LogP contribution in [-0.2, 0) is 56.8 Å². The Labute approximate surface area is 446 Å². The number of carbonyl (C=O) groups excluding carboxylic acids is 5. The minimum Gasteiger partial charge on any atom is -0.460 e. The lowest BCUT2D eigenvalue weighted by molar-refractivity contribution is -0.282. The first-order chi connectivity index (χ1) is 34.7. The van der Waals surface area contributed by atoms with Crippen LogP contribution in [0.3, 0.4) is 0 Å². The first kappa shape index (κ1) is 63.4. The summed E-state index contributed by atoms with van der Waals surface area (Å²) in [5.41, 5.74) is 1.60. The summed E-state index contributed by atoms with van der Waals surface area (Å²) in [7, 11) is 4.30. The van der Waals surface area contributed by atoms with Crippen LogP contribution in [0.15, 0.2) is 47.6 Å². The van der Waals surface area contributed by atoms with Crippen molar-refractivity contribution >= 4 is 37.5 Å². The maximum absolute atomic E-state index is 14.6. The maximum Gasteiger partial charge on any atom is 0.329 e. The molecule has 2 bridgehead atoms. The van der Waals surface area contributed by atoms with E-state index in [1.807, 2.05) is 58.9 Å². The van der Waals surface area contributed by atoms with Gasteiger partial charge < -0.3 is 42.9 Å². The van der Waals surface area contributed by atoms with Crippen molar-refractivity contribution in [1.29, 1.82) is 0 Å². The molecular formula is C59H97NO13Si. The van der Waals surface area contributed by atoms with E-state index in [1.165, 1.54) is 19.1 Å². The predicted molar refractivity (Wildman–Crippen MR) is 291 cm³/mol. The van der Waals surface area contributed by atoms with Crippen LogP contribution < -0.4 is 0 Å². The average molecular weight is 1060 g/mol. The number of rotatable bonds is 9. The topological polar surface area (TPSA) is 173 Å². The summed E-state index contributed by atoms with van der Waals surface area (Å²) in [6.45, 7) is 24.7. The third kappa shape index (κ3) is 17.2. The van der Waals surface area contributed by atoms with E-state index in [4.69, 9.17) is 32.8 Å². The van der Waals surface area contributed by atoms with E-state index < -0.39 is 80.5 Å². The summed E-state index contributed by atoms with van der Waals surface area (Å²) in [6.07, 6.45) is 14.3. The lowest BCUT2D eigenvalue weighted by Gasteiger charge is -2.44. The number of carbonyl (C=O) groups is 5. The average Bonchev–Trinajstić information content (AvgIpc) is 3.34. The van der Waals surface area contributed by atoms with Crippen molar-refractivity contribution in [3.8, 4) is 0 Å². The molecule has 0 radical (unpaired) electrons. The van der Waals surface area contributed by atoms with Crippen LogP contribution in [0.5, 0.6) is 0 Å². The largest absolute Gasteiger partial charge is 0.460 e. The summed E-state index contributed by atoms with van der Waals surface area (Å²) >= 11 is 0. The number of ether oxygens (including phenoxy) is 6. The van der Waals surface area contributed by atoms with Gasteiger partial charge in [0.2, 0.25) is 5.78 Å². The van der Waals surface area contributed by atoms with E-state index in [9.17, 15) is 29.1 Å². The lowest BCUT2D eigenvalue weighted by Crippen LogP contribution is -2.54. The van der Waals surface area contributed by atoms with E-state index >= 15 is 0 Å². The van der Waals surface area contributed by atoms with Gasteiger partial charge in [-0.15, -0.1) is 0 Å². The van der Waals surface area contributed by atoms with Crippen molar-refractivity contribution in [1.82, 2.24) is 4.90 Å². The number of fused-ring (bicyclic) bond motifs is 3. The predicted octanol–water partition coefficient (Wildman–Crippen LogP) is 10.3. The maximum atomic E-state index is 14.6. The van der Waals surface area contributed by atoms with Gasteiger partial charge in [0.25, 0.3) is 5.91 Å². The van der Waals surface area contributed by atoms with Crippen LogP contribution >= 0.6 is 0 Å². The normalized spacial score (nSPS) is 37.6. The number of amides is 1. The van der Waals surface area contributed by atoms with Gasteiger partial charge in [-0.2, -0.15) is 0 Å². The van der Waals surface area contributed by atoms with Gasteiger partial charge in [-0.3, -0.25) is 19.2 Å². The molecule has 3 fully saturated rings. The van der Waals surface area contributed by atoms with Crippen LogP contribution in [0.4, 0.5) is 0 Å². The molecule has 420 valence electrons. The van der Waals surface area contributed by atoms with Crippen LogP contribution in [-0.4, -0.2) is 137 Å². The van der Waals surface area contributed by atoms with Crippen molar-refractivity contribution < 1.29 is 61.9 Å². The van der Waals surface area contributed by atoms with Crippen molar-refractivity contribution in [2.75, 3.05) is 35.0 Å². The van der Waals surface area contributed by atoms with Gasteiger partial charge in [0, 0.05) is 65.6 Å². The fourth-order valence-electron chi connectivity index (χ4n) is 11.3. The second-order valence-corrected chi connectivity index (χ2v) is 28.8. The number of cyclic esters (lactones) is 1. The molecule has 0 aromatic heterocycles.